The standard InChI is InChI=1S/C15H23N/c1-12-7-9-15(10-8-12)13(2)16-11-14-5-3-4-6-14/h7-10,13-14,16H,3-6,11H2,1-2H3/t13-/m0/s1. The van der Waals surface area contributed by atoms with E-state index in [1.807, 2.05) is 0 Å². The summed E-state index contributed by atoms with van der Waals surface area (Å²) in [5.74, 6) is 0.924. The van der Waals surface area contributed by atoms with E-state index in [0.717, 1.165) is 5.92 Å². The molecule has 1 N–H and O–H groups in total. The van der Waals surface area contributed by atoms with E-state index >= 15 is 0 Å². The maximum atomic E-state index is 3.66. The second-order valence-electron chi connectivity index (χ2n) is 5.19. The Morgan fingerprint density at radius 3 is 2.44 bits per heavy atom. The normalized spacial score (nSPS) is 18.9. The van der Waals surface area contributed by atoms with E-state index in [2.05, 4.69) is 43.4 Å². The summed E-state index contributed by atoms with van der Waals surface area (Å²) >= 11 is 0. The molecule has 0 heterocycles. The molecule has 0 radical (unpaired) electrons. The van der Waals surface area contributed by atoms with Crippen molar-refractivity contribution in [3.63, 3.8) is 0 Å². The van der Waals surface area contributed by atoms with Crippen molar-refractivity contribution in [1.82, 2.24) is 5.32 Å². The Morgan fingerprint density at radius 1 is 1.19 bits per heavy atom. The summed E-state index contributed by atoms with van der Waals surface area (Å²) in [6.45, 7) is 5.59. The van der Waals surface area contributed by atoms with E-state index in [1.54, 1.807) is 0 Å². The Kier molecular flexibility index (Phi) is 4.00. The van der Waals surface area contributed by atoms with Gasteiger partial charge in [0.1, 0.15) is 0 Å². The molecular formula is C15H23N. The summed E-state index contributed by atoms with van der Waals surface area (Å²) in [6, 6.07) is 9.36. The van der Waals surface area contributed by atoms with E-state index in [1.165, 1.54) is 43.4 Å². The maximum absolute atomic E-state index is 3.66. The Labute approximate surface area is 99.3 Å². The highest BCUT2D eigenvalue weighted by atomic mass is 14.9. The van der Waals surface area contributed by atoms with Gasteiger partial charge >= 0.3 is 0 Å². The van der Waals surface area contributed by atoms with Crippen LogP contribution in [0.1, 0.15) is 49.8 Å². The average Bonchev–Trinajstić information content (AvgIpc) is 2.80. The van der Waals surface area contributed by atoms with Gasteiger partial charge in [0.25, 0.3) is 0 Å². The summed E-state index contributed by atoms with van der Waals surface area (Å²) in [7, 11) is 0. The Hall–Kier alpha value is -0.820. The minimum Gasteiger partial charge on any atom is -0.310 e. The van der Waals surface area contributed by atoms with Crippen LogP contribution in [-0.4, -0.2) is 6.54 Å². The summed E-state index contributed by atoms with van der Waals surface area (Å²) in [5.41, 5.74) is 2.75. The van der Waals surface area contributed by atoms with Gasteiger partial charge in [-0.05, 0) is 44.7 Å². The first kappa shape index (κ1) is 11.7. The number of hydrogen-bond donors (Lipinski definition) is 1. The molecule has 1 aromatic rings. The lowest BCUT2D eigenvalue weighted by Crippen LogP contribution is -2.24. The molecule has 0 aliphatic heterocycles. The fourth-order valence-electron chi connectivity index (χ4n) is 2.53. The van der Waals surface area contributed by atoms with Crippen molar-refractivity contribution in [3.05, 3.63) is 35.4 Å². The van der Waals surface area contributed by atoms with Crippen molar-refractivity contribution in [2.75, 3.05) is 6.54 Å². The molecule has 0 saturated heterocycles. The minimum atomic E-state index is 0.487. The third kappa shape index (κ3) is 3.08. The van der Waals surface area contributed by atoms with Crippen LogP contribution in [0.25, 0.3) is 0 Å². The van der Waals surface area contributed by atoms with Crippen LogP contribution in [0, 0.1) is 12.8 Å². The van der Waals surface area contributed by atoms with Gasteiger partial charge in [0.05, 0.1) is 0 Å². The van der Waals surface area contributed by atoms with Crippen LogP contribution >= 0.6 is 0 Å². The van der Waals surface area contributed by atoms with Crippen LogP contribution < -0.4 is 5.32 Å². The van der Waals surface area contributed by atoms with Gasteiger partial charge in [0, 0.05) is 6.04 Å². The van der Waals surface area contributed by atoms with Crippen LogP contribution in [0.3, 0.4) is 0 Å². The van der Waals surface area contributed by atoms with Gasteiger partial charge in [-0.15, -0.1) is 0 Å². The molecule has 1 saturated carbocycles. The molecule has 88 valence electrons. The van der Waals surface area contributed by atoms with Crippen LogP contribution in [0.15, 0.2) is 24.3 Å². The van der Waals surface area contributed by atoms with Gasteiger partial charge in [-0.2, -0.15) is 0 Å². The monoisotopic (exact) mass is 217 g/mol. The number of aryl methyl sites for hydroxylation is 1. The van der Waals surface area contributed by atoms with Crippen molar-refractivity contribution in [1.29, 1.82) is 0 Å². The van der Waals surface area contributed by atoms with Gasteiger partial charge in [-0.25, -0.2) is 0 Å². The quantitative estimate of drug-likeness (QED) is 0.808. The van der Waals surface area contributed by atoms with Gasteiger partial charge < -0.3 is 5.32 Å². The average molecular weight is 217 g/mol. The fourth-order valence-corrected chi connectivity index (χ4v) is 2.53. The lowest BCUT2D eigenvalue weighted by Gasteiger charge is -2.17. The molecule has 1 nitrogen and oxygen atoms in total. The molecule has 0 spiro atoms. The van der Waals surface area contributed by atoms with Gasteiger partial charge in [0.15, 0.2) is 0 Å². The molecule has 1 aromatic carbocycles. The predicted molar refractivity (Wildman–Crippen MR) is 69.6 cm³/mol. The molecule has 1 heteroatoms. The highest BCUT2D eigenvalue weighted by Gasteiger charge is 2.15. The first-order valence-corrected chi connectivity index (χ1v) is 6.55. The second kappa shape index (κ2) is 5.49. The molecule has 1 atom stereocenters. The Balaban J connectivity index is 1.82. The molecule has 0 amide bonds. The molecule has 1 fully saturated rings. The van der Waals surface area contributed by atoms with E-state index in [0.29, 0.717) is 6.04 Å². The molecule has 2 rings (SSSR count). The van der Waals surface area contributed by atoms with Gasteiger partial charge in [-0.3, -0.25) is 0 Å². The first-order chi connectivity index (χ1) is 7.75. The third-order valence-corrected chi connectivity index (χ3v) is 3.76. The molecule has 0 unspecified atom stereocenters. The van der Waals surface area contributed by atoms with Crippen molar-refractivity contribution in [2.45, 2.75) is 45.6 Å². The maximum Gasteiger partial charge on any atom is 0.0291 e. The number of benzene rings is 1. The van der Waals surface area contributed by atoms with Crippen LogP contribution in [-0.2, 0) is 0 Å². The number of rotatable bonds is 4. The smallest absolute Gasteiger partial charge is 0.0291 e. The van der Waals surface area contributed by atoms with E-state index in [9.17, 15) is 0 Å². The molecule has 0 bridgehead atoms. The lowest BCUT2D eigenvalue weighted by atomic mass is 10.0. The highest BCUT2D eigenvalue weighted by molar-refractivity contribution is 5.23. The van der Waals surface area contributed by atoms with Crippen molar-refractivity contribution in [3.8, 4) is 0 Å². The SMILES string of the molecule is Cc1ccc([C@H](C)NCC2CCCC2)cc1. The number of nitrogens with one attached hydrogen (secondary N) is 1. The molecule has 16 heavy (non-hydrogen) atoms. The van der Waals surface area contributed by atoms with E-state index < -0.39 is 0 Å². The molecular weight excluding hydrogens is 194 g/mol. The first-order valence-electron chi connectivity index (χ1n) is 6.55. The van der Waals surface area contributed by atoms with Crippen molar-refractivity contribution in [2.24, 2.45) is 5.92 Å². The van der Waals surface area contributed by atoms with Gasteiger partial charge in [-0.1, -0.05) is 42.7 Å². The fraction of sp³-hybridized carbons (Fsp3) is 0.600. The summed E-state index contributed by atoms with van der Waals surface area (Å²) in [6.07, 6.45) is 5.72. The van der Waals surface area contributed by atoms with E-state index in [4.69, 9.17) is 0 Å². The Bertz CT molecular complexity index is 309. The summed E-state index contributed by atoms with van der Waals surface area (Å²) < 4.78 is 0. The van der Waals surface area contributed by atoms with E-state index in [-0.39, 0.29) is 0 Å². The Morgan fingerprint density at radius 2 is 1.81 bits per heavy atom. The molecule has 0 aromatic heterocycles. The van der Waals surface area contributed by atoms with Gasteiger partial charge in [0.2, 0.25) is 0 Å². The number of hydrogen-bond acceptors (Lipinski definition) is 1. The predicted octanol–water partition coefficient (Wildman–Crippen LogP) is 3.84. The highest BCUT2D eigenvalue weighted by Crippen LogP contribution is 2.24. The molecule has 1 aliphatic carbocycles. The topological polar surface area (TPSA) is 12.0 Å². The lowest BCUT2D eigenvalue weighted by molar-refractivity contribution is 0.452. The van der Waals surface area contributed by atoms with Crippen LogP contribution in [0.4, 0.5) is 0 Å². The third-order valence-electron chi connectivity index (χ3n) is 3.76. The zero-order valence-corrected chi connectivity index (χ0v) is 10.5. The summed E-state index contributed by atoms with van der Waals surface area (Å²) in [4.78, 5) is 0. The zero-order chi connectivity index (χ0) is 11.4. The zero-order valence-electron chi connectivity index (χ0n) is 10.5. The van der Waals surface area contributed by atoms with Crippen LogP contribution in [0.5, 0.6) is 0 Å². The van der Waals surface area contributed by atoms with Crippen LogP contribution in [0.2, 0.25) is 0 Å². The summed E-state index contributed by atoms with van der Waals surface area (Å²) in [5, 5.41) is 3.66. The largest absolute Gasteiger partial charge is 0.310 e. The minimum absolute atomic E-state index is 0.487. The second-order valence-corrected chi connectivity index (χ2v) is 5.19. The molecule has 1 aliphatic rings. The van der Waals surface area contributed by atoms with Crippen molar-refractivity contribution >= 4 is 0 Å². The van der Waals surface area contributed by atoms with Crippen molar-refractivity contribution < 1.29 is 0 Å².